The number of aliphatic hydroxyl groups is 1. The SMILES string of the molecule is COc1ccc([C@H]2/C(=C(\O)c3ccc(C)cc3)C(=O)C(=O)N2CCCn2ccnc2)cc1. The van der Waals surface area contributed by atoms with E-state index in [0.29, 0.717) is 30.8 Å². The maximum absolute atomic E-state index is 13.0. The Balaban J connectivity index is 1.72. The Labute approximate surface area is 186 Å². The van der Waals surface area contributed by atoms with Crippen LogP contribution in [-0.2, 0) is 16.1 Å². The van der Waals surface area contributed by atoms with E-state index in [1.165, 1.54) is 0 Å². The van der Waals surface area contributed by atoms with E-state index in [0.717, 1.165) is 11.1 Å². The number of ketones is 1. The summed E-state index contributed by atoms with van der Waals surface area (Å²) in [5.41, 5.74) is 2.38. The van der Waals surface area contributed by atoms with Crippen LogP contribution in [0.25, 0.3) is 5.76 Å². The number of benzene rings is 2. The van der Waals surface area contributed by atoms with Crippen molar-refractivity contribution in [3.63, 3.8) is 0 Å². The zero-order valence-corrected chi connectivity index (χ0v) is 18.1. The zero-order valence-electron chi connectivity index (χ0n) is 18.1. The number of Topliss-reactive ketones (excluding diaryl/α,β-unsaturated/α-hetero) is 1. The Bertz CT molecular complexity index is 1130. The number of nitrogens with zero attached hydrogens (tertiary/aromatic N) is 3. The van der Waals surface area contributed by atoms with Crippen LogP contribution in [0.5, 0.6) is 5.75 Å². The van der Waals surface area contributed by atoms with Crippen molar-refractivity contribution >= 4 is 17.4 Å². The maximum Gasteiger partial charge on any atom is 0.295 e. The third-order valence-corrected chi connectivity index (χ3v) is 5.67. The topological polar surface area (TPSA) is 84.7 Å². The van der Waals surface area contributed by atoms with Crippen molar-refractivity contribution in [3.8, 4) is 5.75 Å². The molecule has 1 atom stereocenters. The van der Waals surface area contributed by atoms with E-state index >= 15 is 0 Å². The third kappa shape index (κ3) is 4.14. The highest BCUT2D eigenvalue weighted by Gasteiger charge is 2.45. The van der Waals surface area contributed by atoms with Crippen LogP contribution in [0.3, 0.4) is 0 Å². The molecule has 1 N–H and O–H groups in total. The number of imidazole rings is 1. The summed E-state index contributed by atoms with van der Waals surface area (Å²) < 4.78 is 7.17. The normalized spacial score (nSPS) is 17.7. The number of aromatic nitrogens is 2. The van der Waals surface area contributed by atoms with Crippen molar-refractivity contribution in [3.05, 3.63) is 89.5 Å². The number of hydrogen-bond acceptors (Lipinski definition) is 5. The van der Waals surface area contributed by atoms with Crippen molar-refractivity contribution in [2.75, 3.05) is 13.7 Å². The molecule has 2 heterocycles. The average Bonchev–Trinajstić information content (AvgIpc) is 3.41. The summed E-state index contributed by atoms with van der Waals surface area (Å²) in [6.45, 7) is 2.97. The maximum atomic E-state index is 13.0. The molecule has 0 aliphatic carbocycles. The van der Waals surface area contributed by atoms with Crippen LogP contribution in [0.2, 0.25) is 0 Å². The average molecular weight is 431 g/mol. The fourth-order valence-electron chi connectivity index (χ4n) is 3.95. The highest BCUT2D eigenvalue weighted by molar-refractivity contribution is 6.46. The van der Waals surface area contributed by atoms with Crippen molar-refractivity contribution in [2.45, 2.75) is 25.9 Å². The molecule has 164 valence electrons. The molecule has 7 nitrogen and oxygen atoms in total. The van der Waals surface area contributed by atoms with Gasteiger partial charge in [-0.1, -0.05) is 42.0 Å². The number of methoxy groups -OCH3 is 1. The van der Waals surface area contributed by atoms with Gasteiger partial charge in [-0.2, -0.15) is 0 Å². The van der Waals surface area contributed by atoms with Crippen LogP contribution in [0.1, 0.15) is 29.2 Å². The number of likely N-dealkylation sites (tertiary alicyclic amines) is 1. The summed E-state index contributed by atoms with van der Waals surface area (Å²) in [5, 5.41) is 11.1. The summed E-state index contributed by atoms with van der Waals surface area (Å²) >= 11 is 0. The highest BCUT2D eigenvalue weighted by Crippen LogP contribution is 2.39. The lowest BCUT2D eigenvalue weighted by atomic mass is 9.95. The van der Waals surface area contributed by atoms with Gasteiger partial charge in [-0.15, -0.1) is 0 Å². The second kappa shape index (κ2) is 9.09. The molecular weight excluding hydrogens is 406 g/mol. The molecule has 1 fully saturated rings. The minimum Gasteiger partial charge on any atom is -0.507 e. The molecule has 1 aromatic heterocycles. The molecule has 4 rings (SSSR count). The number of hydrogen-bond donors (Lipinski definition) is 1. The first-order valence-corrected chi connectivity index (χ1v) is 10.4. The second-order valence-electron chi connectivity index (χ2n) is 7.79. The number of carbonyl (C=O) groups excluding carboxylic acids is 2. The molecule has 32 heavy (non-hydrogen) atoms. The lowest BCUT2D eigenvalue weighted by Gasteiger charge is -2.25. The van der Waals surface area contributed by atoms with E-state index in [1.54, 1.807) is 48.8 Å². The lowest BCUT2D eigenvalue weighted by Crippen LogP contribution is -2.31. The van der Waals surface area contributed by atoms with Gasteiger partial charge in [0.05, 0.1) is 25.1 Å². The minimum absolute atomic E-state index is 0.103. The minimum atomic E-state index is -0.676. The number of aryl methyl sites for hydroxylation is 2. The quantitative estimate of drug-likeness (QED) is 0.350. The van der Waals surface area contributed by atoms with Gasteiger partial charge in [-0.3, -0.25) is 9.59 Å². The number of amides is 1. The molecule has 0 spiro atoms. The molecule has 3 aromatic rings. The van der Waals surface area contributed by atoms with E-state index in [1.807, 2.05) is 42.0 Å². The van der Waals surface area contributed by atoms with Gasteiger partial charge in [-0.05, 0) is 31.0 Å². The van der Waals surface area contributed by atoms with Gasteiger partial charge in [0.2, 0.25) is 0 Å². The van der Waals surface area contributed by atoms with Crippen LogP contribution < -0.4 is 4.74 Å². The first-order valence-electron chi connectivity index (χ1n) is 10.4. The molecule has 0 radical (unpaired) electrons. The largest absolute Gasteiger partial charge is 0.507 e. The number of ether oxygens (including phenoxy) is 1. The first-order chi connectivity index (χ1) is 15.5. The fraction of sp³-hybridized carbons (Fsp3) is 0.240. The van der Waals surface area contributed by atoms with Crippen LogP contribution in [-0.4, -0.2) is 44.9 Å². The monoisotopic (exact) mass is 431 g/mol. The summed E-state index contributed by atoms with van der Waals surface area (Å²) in [6.07, 6.45) is 5.91. The van der Waals surface area contributed by atoms with Gasteiger partial charge in [0.15, 0.2) is 0 Å². The number of carbonyl (C=O) groups is 2. The second-order valence-corrected chi connectivity index (χ2v) is 7.79. The molecule has 2 aromatic carbocycles. The molecule has 0 unspecified atom stereocenters. The molecule has 0 saturated carbocycles. The Kier molecular flexibility index (Phi) is 6.07. The van der Waals surface area contributed by atoms with Crippen molar-refractivity contribution < 1.29 is 19.4 Å². The smallest absolute Gasteiger partial charge is 0.295 e. The van der Waals surface area contributed by atoms with Gasteiger partial charge in [0.25, 0.3) is 11.7 Å². The van der Waals surface area contributed by atoms with Crippen LogP contribution in [0.15, 0.2) is 72.8 Å². The Morgan fingerprint density at radius 1 is 1.06 bits per heavy atom. The van der Waals surface area contributed by atoms with E-state index in [-0.39, 0.29) is 11.3 Å². The van der Waals surface area contributed by atoms with Gasteiger partial charge < -0.3 is 19.3 Å². The summed E-state index contributed by atoms with van der Waals surface area (Å²) in [5.74, 6) is -0.776. The van der Waals surface area contributed by atoms with Crippen molar-refractivity contribution in [2.24, 2.45) is 0 Å². The predicted octanol–water partition coefficient (Wildman–Crippen LogP) is 3.71. The fourth-order valence-corrected chi connectivity index (χ4v) is 3.95. The van der Waals surface area contributed by atoms with E-state index in [2.05, 4.69) is 4.98 Å². The van der Waals surface area contributed by atoms with Crippen molar-refractivity contribution in [1.82, 2.24) is 14.5 Å². The van der Waals surface area contributed by atoms with E-state index < -0.39 is 17.7 Å². The van der Waals surface area contributed by atoms with Gasteiger partial charge in [-0.25, -0.2) is 4.98 Å². The Hall–Kier alpha value is -3.87. The molecule has 1 aliphatic heterocycles. The van der Waals surface area contributed by atoms with E-state index in [9.17, 15) is 14.7 Å². The molecule has 1 amide bonds. The highest BCUT2D eigenvalue weighted by atomic mass is 16.5. The number of aliphatic hydroxyl groups excluding tert-OH is 1. The Morgan fingerprint density at radius 2 is 1.78 bits per heavy atom. The van der Waals surface area contributed by atoms with Crippen LogP contribution in [0.4, 0.5) is 0 Å². The Morgan fingerprint density at radius 3 is 2.41 bits per heavy atom. The first kappa shape index (κ1) is 21.4. The molecule has 1 aliphatic rings. The summed E-state index contributed by atoms with van der Waals surface area (Å²) in [7, 11) is 1.58. The van der Waals surface area contributed by atoms with E-state index in [4.69, 9.17) is 4.74 Å². The van der Waals surface area contributed by atoms with Gasteiger partial charge >= 0.3 is 0 Å². The molecule has 0 bridgehead atoms. The predicted molar refractivity (Wildman–Crippen MR) is 120 cm³/mol. The zero-order chi connectivity index (χ0) is 22.7. The molecule has 7 heteroatoms. The van der Waals surface area contributed by atoms with Crippen LogP contribution >= 0.6 is 0 Å². The third-order valence-electron chi connectivity index (χ3n) is 5.67. The van der Waals surface area contributed by atoms with Crippen LogP contribution in [0, 0.1) is 6.92 Å². The molecular formula is C25H25N3O4. The van der Waals surface area contributed by atoms with Gasteiger partial charge in [0.1, 0.15) is 11.5 Å². The lowest BCUT2D eigenvalue weighted by molar-refractivity contribution is -0.139. The standard InChI is InChI=1S/C25H25N3O4/c1-17-4-6-19(7-5-17)23(29)21-22(18-8-10-20(32-2)11-9-18)28(25(31)24(21)30)14-3-13-27-15-12-26-16-27/h4-12,15-16,22,29H,3,13-14H2,1-2H3/b23-21+/t22-/m0/s1. The van der Waals surface area contributed by atoms with Gasteiger partial charge in [0, 0.05) is 31.0 Å². The number of rotatable bonds is 7. The van der Waals surface area contributed by atoms with Crippen molar-refractivity contribution in [1.29, 1.82) is 0 Å². The summed E-state index contributed by atoms with van der Waals surface area (Å²) in [6, 6.07) is 13.8. The summed E-state index contributed by atoms with van der Waals surface area (Å²) in [4.78, 5) is 31.6. The molecule has 1 saturated heterocycles.